The van der Waals surface area contributed by atoms with Crippen LogP contribution in [0.15, 0.2) is 23.1 Å². The predicted molar refractivity (Wildman–Crippen MR) is 91.5 cm³/mol. The Labute approximate surface area is 147 Å². The average Bonchev–Trinajstić information content (AvgIpc) is 3.12. The SMILES string of the molecule is Cc1cc(F)ccc1S(=O)(=O)[C@H]1CS(=O)(=O)C[C@@H]1NCC1CCCO1. The van der Waals surface area contributed by atoms with E-state index in [1.807, 2.05) is 0 Å². The molecule has 2 aliphatic heterocycles. The van der Waals surface area contributed by atoms with Gasteiger partial charge < -0.3 is 10.1 Å². The minimum absolute atomic E-state index is 0.0140. The minimum atomic E-state index is -3.90. The standard InChI is InChI=1S/C16H22FNO5S2/c1-11-7-12(17)4-5-15(11)25(21,22)16-10-24(19,20)9-14(16)18-8-13-3-2-6-23-13/h4-5,7,13-14,16,18H,2-3,6,8-10H2,1H3/t13?,14-,16-/m0/s1. The molecular formula is C16H22FNO5S2. The smallest absolute Gasteiger partial charge is 0.184 e. The zero-order valence-corrected chi connectivity index (χ0v) is 15.6. The topological polar surface area (TPSA) is 89.5 Å². The van der Waals surface area contributed by atoms with Crippen LogP contribution < -0.4 is 5.32 Å². The highest BCUT2D eigenvalue weighted by molar-refractivity contribution is 7.96. The van der Waals surface area contributed by atoms with Crippen molar-refractivity contribution in [3.8, 4) is 0 Å². The second-order valence-corrected chi connectivity index (χ2v) is 11.0. The maximum Gasteiger partial charge on any atom is 0.184 e. The summed E-state index contributed by atoms with van der Waals surface area (Å²) in [6.45, 7) is 2.61. The third-order valence-electron chi connectivity index (χ3n) is 4.77. The molecule has 1 N–H and O–H groups in total. The lowest BCUT2D eigenvalue weighted by molar-refractivity contribution is 0.108. The maximum absolute atomic E-state index is 13.3. The number of hydrogen-bond acceptors (Lipinski definition) is 6. The Morgan fingerprint density at radius 1 is 1.32 bits per heavy atom. The fraction of sp³-hybridized carbons (Fsp3) is 0.625. The summed E-state index contributed by atoms with van der Waals surface area (Å²) < 4.78 is 68.9. The Balaban J connectivity index is 1.85. The van der Waals surface area contributed by atoms with Crippen LogP contribution in [0.25, 0.3) is 0 Å². The first kappa shape index (κ1) is 18.8. The number of hydrogen-bond donors (Lipinski definition) is 1. The Hall–Kier alpha value is -1.03. The monoisotopic (exact) mass is 391 g/mol. The van der Waals surface area contributed by atoms with Gasteiger partial charge in [-0.2, -0.15) is 0 Å². The third kappa shape index (κ3) is 4.05. The number of ether oxygens (including phenoxy) is 1. The van der Waals surface area contributed by atoms with Crippen LogP contribution >= 0.6 is 0 Å². The Bertz CT molecular complexity index is 847. The van der Waals surface area contributed by atoms with E-state index in [0.29, 0.717) is 13.2 Å². The van der Waals surface area contributed by atoms with Crippen molar-refractivity contribution in [1.29, 1.82) is 0 Å². The molecule has 3 atom stereocenters. The van der Waals surface area contributed by atoms with E-state index in [4.69, 9.17) is 4.74 Å². The van der Waals surface area contributed by atoms with Gasteiger partial charge in [0.1, 0.15) is 5.82 Å². The Kier molecular flexibility index (Phi) is 5.21. The molecule has 1 unspecified atom stereocenters. The second kappa shape index (κ2) is 6.94. The van der Waals surface area contributed by atoms with Crippen molar-refractivity contribution in [3.63, 3.8) is 0 Å². The van der Waals surface area contributed by atoms with E-state index in [9.17, 15) is 21.2 Å². The normalized spacial score (nSPS) is 29.1. The first-order valence-corrected chi connectivity index (χ1v) is 11.6. The van der Waals surface area contributed by atoms with Gasteiger partial charge in [-0.25, -0.2) is 21.2 Å². The lowest BCUT2D eigenvalue weighted by Gasteiger charge is -2.22. The van der Waals surface area contributed by atoms with Gasteiger partial charge in [0, 0.05) is 19.2 Å². The zero-order valence-electron chi connectivity index (χ0n) is 13.9. The summed E-state index contributed by atoms with van der Waals surface area (Å²) in [6.07, 6.45) is 1.81. The molecule has 6 nitrogen and oxygen atoms in total. The predicted octanol–water partition coefficient (Wildman–Crippen LogP) is 0.842. The van der Waals surface area contributed by atoms with Crippen molar-refractivity contribution in [2.75, 3.05) is 24.7 Å². The molecule has 0 amide bonds. The second-order valence-electron chi connectivity index (χ2n) is 6.72. The largest absolute Gasteiger partial charge is 0.377 e. The first-order chi connectivity index (χ1) is 11.7. The molecule has 2 fully saturated rings. The molecule has 0 aromatic heterocycles. The van der Waals surface area contributed by atoms with Crippen molar-refractivity contribution in [3.05, 3.63) is 29.6 Å². The number of aryl methyl sites for hydroxylation is 1. The molecule has 25 heavy (non-hydrogen) atoms. The van der Waals surface area contributed by atoms with E-state index >= 15 is 0 Å². The van der Waals surface area contributed by atoms with Crippen LogP contribution in [0.2, 0.25) is 0 Å². The van der Waals surface area contributed by atoms with Gasteiger partial charge in [-0.3, -0.25) is 0 Å². The number of benzene rings is 1. The minimum Gasteiger partial charge on any atom is -0.377 e. The summed E-state index contributed by atoms with van der Waals surface area (Å²) in [7, 11) is -7.36. The molecular weight excluding hydrogens is 369 g/mol. The van der Waals surface area contributed by atoms with Crippen LogP contribution in [-0.4, -0.2) is 58.9 Å². The molecule has 0 bridgehead atoms. The van der Waals surface area contributed by atoms with Crippen molar-refractivity contribution < 1.29 is 26.0 Å². The lowest BCUT2D eigenvalue weighted by atomic mass is 10.2. The summed E-state index contributed by atoms with van der Waals surface area (Å²) >= 11 is 0. The molecule has 0 radical (unpaired) electrons. The van der Waals surface area contributed by atoms with Crippen LogP contribution in [0, 0.1) is 12.7 Å². The molecule has 2 saturated heterocycles. The Morgan fingerprint density at radius 2 is 2.08 bits per heavy atom. The van der Waals surface area contributed by atoms with E-state index in [1.54, 1.807) is 0 Å². The van der Waals surface area contributed by atoms with Crippen LogP contribution in [0.3, 0.4) is 0 Å². The molecule has 140 valence electrons. The van der Waals surface area contributed by atoms with Gasteiger partial charge in [0.05, 0.1) is 27.8 Å². The fourth-order valence-corrected chi connectivity index (χ4v) is 8.44. The molecule has 1 aromatic carbocycles. The lowest BCUT2D eigenvalue weighted by Crippen LogP contribution is -2.46. The summed E-state index contributed by atoms with van der Waals surface area (Å²) in [5.41, 5.74) is 0.280. The van der Waals surface area contributed by atoms with Crippen LogP contribution in [-0.2, 0) is 24.4 Å². The maximum atomic E-state index is 13.3. The van der Waals surface area contributed by atoms with Crippen LogP contribution in [0.5, 0.6) is 0 Å². The highest BCUT2D eigenvalue weighted by atomic mass is 32.2. The molecule has 1 aromatic rings. The van der Waals surface area contributed by atoms with Gasteiger partial charge in [0.15, 0.2) is 19.7 Å². The number of halogens is 1. The van der Waals surface area contributed by atoms with Gasteiger partial charge in [-0.1, -0.05) is 0 Å². The highest BCUT2D eigenvalue weighted by Crippen LogP contribution is 2.28. The van der Waals surface area contributed by atoms with Crippen molar-refractivity contribution in [2.24, 2.45) is 0 Å². The van der Waals surface area contributed by atoms with Gasteiger partial charge in [0.2, 0.25) is 0 Å². The Morgan fingerprint density at radius 3 is 2.72 bits per heavy atom. The zero-order chi connectivity index (χ0) is 18.2. The van der Waals surface area contributed by atoms with Gasteiger partial charge in [-0.15, -0.1) is 0 Å². The molecule has 9 heteroatoms. The van der Waals surface area contributed by atoms with Crippen molar-refractivity contribution in [2.45, 2.75) is 42.1 Å². The highest BCUT2D eigenvalue weighted by Gasteiger charge is 2.46. The molecule has 3 rings (SSSR count). The molecule has 2 heterocycles. The number of sulfone groups is 2. The fourth-order valence-electron chi connectivity index (χ4n) is 3.49. The van der Waals surface area contributed by atoms with Gasteiger partial charge >= 0.3 is 0 Å². The molecule has 0 spiro atoms. The summed E-state index contributed by atoms with van der Waals surface area (Å²) in [5, 5.41) is 2.00. The van der Waals surface area contributed by atoms with E-state index in [0.717, 1.165) is 25.0 Å². The number of rotatable bonds is 5. The average molecular weight is 391 g/mol. The van der Waals surface area contributed by atoms with E-state index in [1.165, 1.54) is 13.0 Å². The molecule has 0 aliphatic carbocycles. The van der Waals surface area contributed by atoms with Crippen LogP contribution in [0.1, 0.15) is 18.4 Å². The summed E-state index contributed by atoms with van der Waals surface area (Å²) in [4.78, 5) is -0.0140. The van der Waals surface area contributed by atoms with E-state index < -0.39 is 42.5 Å². The van der Waals surface area contributed by atoms with Crippen molar-refractivity contribution in [1.82, 2.24) is 5.32 Å². The number of nitrogens with one attached hydrogen (secondary N) is 1. The van der Waals surface area contributed by atoms with E-state index in [-0.39, 0.29) is 22.3 Å². The van der Waals surface area contributed by atoms with Crippen molar-refractivity contribution >= 4 is 19.7 Å². The molecule has 0 saturated carbocycles. The van der Waals surface area contributed by atoms with Gasteiger partial charge in [0.25, 0.3) is 0 Å². The summed E-state index contributed by atoms with van der Waals surface area (Å²) in [6, 6.07) is 2.74. The third-order valence-corrected chi connectivity index (χ3v) is 9.08. The van der Waals surface area contributed by atoms with E-state index in [2.05, 4.69) is 5.32 Å². The van der Waals surface area contributed by atoms with Crippen LogP contribution in [0.4, 0.5) is 4.39 Å². The summed E-state index contributed by atoms with van der Waals surface area (Å²) in [5.74, 6) is -1.16. The quantitative estimate of drug-likeness (QED) is 0.749. The van der Waals surface area contributed by atoms with Gasteiger partial charge in [-0.05, 0) is 43.5 Å². The first-order valence-electron chi connectivity index (χ1n) is 8.24. The molecule has 2 aliphatic rings.